The van der Waals surface area contributed by atoms with E-state index in [1.807, 2.05) is 51.1 Å². The number of benzene rings is 2. The molecule has 0 aliphatic rings. The van der Waals surface area contributed by atoms with Crippen LogP contribution in [0.3, 0.4) is 0 Å². The quantitative estimate of drug-likeness (QED) is 0.817. The van der Waals surface area contributed by atoms with Gasteiger partial charge in [0.25, 0.3) is 0 Å². The van der Waals surface area contributed by atoms with Crippen molar-refractivity contribution in [2.75, 3.05) is 0 Å². The van der Waals surface area contributed by atoms with Crippen molar-refractivity contribution in [2.45, 2.75) is 26.2 Å². The predicted molar refractivity (Wildman–Crippen MR) is 86.9 cm³/mol. The van der Waals surface area contributed by atoms with E-state index in [2.05, 4.69) is 15.9 Å². The first kappa shape index (κ1) is 15.6. The molecule has 21 heavy (non-hydrogen) atoms. The van der Waals surface area contributed by atoms with E-state index in [0.29, 0.717) is 5.56 Å². The van der Waals surface area contributed by atoms with Crippen LogP contribution < -0.4 is 0 Å². The minimum atomic E-state index is -1.13. The van der Waals surface area contributed by atoms with Gasteiger partial charge in [0.05, 0.1) is 0 Å². The Morgan fingerprint density at radius 3 is 2.10 bits per heavy atom. The van der Waals surface area contributed by atoms with Gasteiger partial charge in [-0.05, 0) is 40.8 Å². The summed E-state index contributed by atoms with van der Waals surface area (Å²) in [6, 6.07) is 11.0. The number of aromatic hydroxyl groups is 1. The van der Waals surface area contributed by atoms with Crippen LogP contribution in [0, 0.1) is 0 Å². The van der Waals surface area contributed by atoms with E-state index in [-0.39, 0.29) is 16.7 Å². The van der Waals surface area contributed by atoms with Gasteiger partial charge in [-0.15, -0.1) is 0 Å². The van der Waals surface area contributed by atoms with Crippen molar-refractivity contribution >= 4 is 21.9 Å². The van der Waals surface area contributed by atoms with Crippen LogP contribution in [-0.4, -0.2) is 16.2 Å². The van der Waals surface area contributed by atoms with Gasteiger partial charge in [0.1, 0.15) is 11.3 Å². The standard InChI is InChI=1S/C17H17BrO3/c1-17(2,3)14-9-11(8-13(15(14)19)16(20)21)10-4-6-12(18)7-5-10/h4-9,19H,1-3H3,(H,20,21). The molecule has 2 N–H and O–H groups in total. The molecule has 0 fully saturated rings. The second kappa shape index (κ2) is 5.53. The Morgan fingerprint density at radius 2 is 1.62 bits per heavy atom. The van der Waals surface area contributed by atoms with E-state index in [9.17, 15) is 15.0 Å². The van der Waals surface area contributed by atoms with E-state index >= 15 is 0 Å². The molecule has 110 valence electrons. The summed E-state index contributed by atoms with van der Waals surface area (Å²) in [6.45, 7) is 5.83. The molecule has 0 aromatic heterocycles. The maximum atomic E-state index is 11.4. The van der Waals surface area contributed by atoms with E-state index < -0.39 is 5.97 Å². The monoisotopic (exact) mass is 348 g/mol. The number of phenols is 1. The topological polar surface area (TPSA) is 57.5 Å². The Bertz CT molecular complexity index is 682. The number of rotatable bonds is 2. The van der Waals surface area contributed by atoms with Gasteiger partial charge in [0.15, 0.2) is 0 Å². The summed E-state index contributed by atoms with van der Waals surface area (Å²) in [5.74, 6) is -1.28. The maximum absolute atomic E-state index is 11.4. The molecule has 0 radical (unpaired) electrons. The first-order valence-electron chi connectivity index (χ1n) is 6.57. The first-order chi connectivity index (χ1) is 9.70. The predicted octanol–water partition coefficient (Wildman–Crippen LogP) is 4.82. The zero-order valence-corrected chi connectivity index (χ0v) is 13.7. The largest absolute Gasteiger partial charge is 0.507 e. The molecule has 0 heterocycles. The number of carboxylic acid groups (broad SMARTS) is 1. The van der Waals surface area contributed by atoms with Crippen LogP contribution in [0.25, 0.3) is 11.1 Å². The lowest BCUT2D eigenvalue weighted by Gasteiger charge is -2.22. The van der Waals surface area contributed by atoms with Gasteiger partial charge in [-0.1, -0.05) is 48.8 Å². The van der Waals surface area contributed by atoms with Gasteiger partial charge in [-0.25, -0.2) is 4.79 Å². The first-order valence-corrected chi connectivity index (χ1v) is 7.36. The van der Waals surface area contributed by atoms with E-state index in [4.69, 9.17) is 0 Å². The SMILES string of the molecule is CC(C)(C)c1cc(-c2ccc(Br)cc2)cc(C(=O)O)c1O. The summed E-state index contributed by atoms with van der Waals surface area (Å²) in [4.78, 5) is 11.4. The van der Waals surface area contributed by atoms with Crippen LogP contribution in [0.1, 0.15) is 36.7 Å². The zero-order valence-electron chi connectivity index (χ0n) is 12.1. The van der Waals surface area contributed by atoms with Gasteiger partial charge in [-0.3, -0.25) is 0 Å². The van der Waals surface area contributed by atoms with Crippen molar-refractivity contribution in [1.82, 2.24) is 0 Å². The lowest BCUT2D eigenvalue weighted by molar-refractivity contribution is 0.0693. The number of carboxylic acids is 1. The number of carbonyl (C=O) groups is 1. The lowest BCUT2D eigenvalue weighted by atomic mass is 9.83. The Morgan fingerprint density at radius 1 is 1.05 bits per heavy atom. The van der Waals surface area contributed by atoms with Crippen molar-refractivity contribution in [3.63, 3.8) is 0 Å². The van der Waals surface area contributed by atoms with Crippen molar-refractivity contribution in [3.8, 4) is 16.9 Å². The second-order valence-electron chi connectivity index (χ2n) is 5.98. The zero-order chi connectivity index (χ0) is 15.8. The number of hydrogen-bond acceptors (Lipinski definition) is 2. The molecule has 0 saturated heterocycles. The van der Waals surface area contributed by atoms with Crippen LogP contribution in [0.4, 0.5) is 0 Å². The van der Waals surface area contributed by atoms with Crippen LogP contribution >= 0.6 is 15.9 Å². The Kier molecular flexibility index (Phi) is 4.10. The molecule has 2 rings (SSSR count). The highest BCUT2D eigenvalue weighted by Gasteiger charge is 2.24. The Labute approximate surface area is 132 Å². The number of aromatic carboxylic acids is 1. The normalized spacial score (nSPS) is 11.4. The Balaban J connectivity index is 2.70. The van der Waals surface area contributed by atoms with Gasteiger partial charge in [0, 0.05) is 10.0 Å². The molecule has 2 aromatic carbocycles. The van der Waals surface area contributed by atoms with Crippen molar-refractivity contribution < 1.29 is 15.0 Å². The molecule has 0 bridgehead atoms. The maximum Gasteiger partial charge on any atom is 0.339 e. The number of halogens is 1. The summed E-state index contributed by atoms with van der Waals surface area (Å²) >= 11 is 3.38. The van der Waals surface area contributed by atoms with Gasteiger partial charge in [0.2, 0.25) is 0 Å². The summed E-state index contributed by atoms with van der Waals surface area (Å²) in [6.07, 6.45) is 0. The highest BCUT2D eigenvalue weighted by molar-refractivity contribution is 9.10. The van der Waals surface area contributed by atoms with Crippen molar-refractivity contribution in [3.05, 3.63) is 52.0 Å². The molecule has 0 saturated carbocycles. The second-order valence-corrected chi connectivity index (χ2v) is 6.90. The molecule has 2 aromatic rings. The van der Waals surface area contributed by atoms with Crippen molar-refractivity contribution in [1.29, 1.82) is 0 Å². The highest BCUT2D eigenvalue weighted by atomic mass is 79.9. The van der Waals surface area contributed by atoms with Crippen LogP contribution in [0.5, 0.6) is 5.75 Å². The molecule has 0 spiro atoms. The molecule has 0 atom stereocenters. The van der Waals surface area contributed by atoms with Gasteiger partial charge in [-0.2, -0.15) is 0 Å². The molecule has 0 amide bonds. The molecule has 0 aliphatic carbocycles. The van der Waals surface area contributed by atoms with Gasteiger partial charge >= 0.3 is 5.97 Å². The minimum absolute atomic E-state index is 0.0691. The molecule has 0 unspecified atom stereocenters. The fourth-order valence-corrected chi connectivity index (χ4v) is 2.44. The summed E-state index contributed by atoms with van der Waals surface area (Å²) in [7, 11) is 0. The minimum Gasteiger partial charge on any atom is -0.507 e. The number of hydrogen-bond donors (Lipinski definition) is 2. The average Bonchev–Trinajstić information content (AvgIpc) is 2.38. The van der Waals surface area contributed by atoms with Crippen molar-refractivity contribution in [2.24, 2.45) is 0 Å². The van der Waals surface area contributed by atoms with Crippen LogP contribution in [0.2, 0.25) is 0 Å². The summed E-state index contributed by atoms with van der Waals surface area (Å²) < 4.78 is 0.958. The third-order valence-electron chi connectivity index (χ3n) is 3.33. The highest BCUT2D eigenvalue weighted by Crippen LogP contribution is 2.37. The van der Waals surface area contributed by atoms with Crippen LogP contribution in [-0.2, 0) is 5.41 Å². The molecular formula is C17H17BrO3. The molecule has 4 heteroatoms. The van der Waals surface area contributed by atoms with E-state index in [1.54, 1.807) is 0 Å². The fraction of sp³-hybridized carbons (Fsp3) is 0.235. The summed E-state index contributed by atoms with van der Waals surface area (Å²) in [5, 5.41) is 19.5. The van der Waals surface area contributed by atoms with Gasteiger partial charge < -0.3 is 10.2 Å². The fourth-order valence-electron chi connectivity index (χ4n) is 2.18. The lowest BCUT2D eigenvalue weighted by Crippen LogP contribution is -2.13. The third-order valence-corrected chi connectivity index (χ3v) is 3.85. The molecular weight excluding hydrogens is 332 g/mol. The molecule has 0 aliphatic heterocycles. The average molecular weight is 349 g/mol. The third kappa shape index (κ3) is 3.27. The summed E-state index contributed by atoms with van der Waals surface area (Å²) in [5.41, 5.74) is 1.90. The van der Waals surface area contributed by atoms with E-state index in [1.165, 1.54) is 6.07 Å². The molecule has 3 nitrogen and oxygen atoms in total. The Hall–Kier alpha value is -1.81. The van der Waals surface area contributed by atoms with Crippen LogP contribution in [0.15, 0.2) is 40.9 Å². The van der Waals surface area contributed by atoms with E-state index in [0.717, 1.165) is 15.6 Å². The smallest absolute Gasteiger partial charge is 0.339 e.